The summed E-state index contributed by atoms with van der Waals surface area (Å²) in [5.41, 5.74) is 0.165. The van der Waals surface area contributed by atoms with E-state index < -0.39 is 29.0 Å². The second-order valence-corrected chi connectivity index (χ2v) is 16.1. The molecule has 0 saturated carbocycles. The molecule has 0 rings (SSSR count). The van der Waals surface area contributed by atoms with Crippen LogP contribution in [-0.4, -0.2) is 34.6 Å². The molecule has 0 aliphatic carbocycles. The molecule has 0 bridgehead atoms. The zero-order valence-electron chi connectivity index (χ0n) is 12.2. The Morgan fingerprint density at radius 2 is 1.44 bits per heavy atom. The van der Waals surface area contributed by atoms with Crippen LogP contribution in [-0.2, 0) is 3.76 Å². The van der Waals surface area contributed by atoms with Gasteiger partial charge in [0.05, 0.1) is 0 Å². The van der Waals surface area contributed by atoms with Gasteiger partial charge in [-0.15, -0.1) is 0 Å². The fourth-order valence-corrected chi connectivity index (χ4v) is 11.2. The monoisotopic (exact) mass is 350 g/mol. The van der Waals surface area contributed by atoms with Crippen LogP contribution in [0.15, 0.2) is 0 Å². The molecule has 3 heteroatoms. The van der Waals surface area contributed by atoms with Crippen molar-refractivity contribution >= 4 is 29.0 Å². The molecule has 0 saturated heterocycles. The summed E-state index contributed by atoms with van der Waals surface area (Å²) in [7, 11) is 0. The van der Waals surface area contributed by atoms with E-state index in [0.717, 1.165) is 0 Å². The first-order chi connectivity index (χ1) is 7.41. The minimum atomic E-state index is -1.12. The van der Waals surface area contributed by atoms with Crippen LogP contribution in [0.5, 0.6) is 0 Å². The molecular weight excluding hydrogens is 317 g/mol. The van der Waals surface area contributed by atoms with Gasteiger partial charge in [0.25, 0.3) is 0 Å². The van der Waals surface area contributed by atoms with Crippen molar-refractivity contribution in [2.75, 3.05) is 0 Å². The average Bonchev–Trinajstić information content (AvgIpc) is 2.13. The Morgan fingerprint density at radius 3 is 1.81 bits per heavy atom. The van der Waals surface area contributed by atoms with Crippen LogP contribution >= 0.6 is 0 Å². The molecular formula is C13H30Ge2O. The molecule has 0 aromatic heterocycles. The van der Waals surface area contributed by atoms with Gasteiger partial charge in [-0.3, -0.25) is 0 Å². The molecule has 0 heterocycles. The van der Waals surface area contributed by atoms with Crippen molar-refractivity contribution in [1.29, 1.82) is 0 Å². The van der Waals surface area contributed by atoms with Gasteiger partial charge in [-0.1, -0.05) is 0 Å². The van der Waals surface area contributed by atoms with Gasteiger partial charge in [0.1, 0.15) is 0 Å². The quantitative estimate of drug-likeness (QED) is 0.548. The molecule has 0 aromatic rings. The maximum atomic E-state index is 6.14. The number of rotatable bonds is 9. The Balaban J connectivity index is 3.96. The van der Waals surface area contributed by atoms with Crippen molar-refractivity contribution in [2.45, 2.75) is 79.8 Å². The zero-order valence-corrected chi connectivity index (χ0v) is 16.3. The molecule has 2 radical (unpaired) electrons. The van der Waals surface area contributed by atoms with E-state index in [1.165, 1.54) is 24.5 Å². The van der Waals surface area contributed by atoms with Crippen molar-refractivity contribution in [3.05, 3.63) is 0 Å². The third-order valence-electron chi connectivity index (χ3n) is 2.77. The van der Waals surface area contributed by atoms with Gasteiger partial charge in [-0.2, -0.15) is 0 Å². The summed E-state index contributed by atoms with van der Waals surface area (Å²) in [5, 5.41) is 4.64. The molecule has 0 aromatic carbocycles. The molecule has 0 N–H and O–H groups in total. The predicted octanol–water partition coefficient (Wildman–Crippen LogP) is 4.74. The average molecular weight is 348 g/mol. The summed E-state index contributed by atoms with van der Waals surface area (Å²) >= 11 is -1.83. The number of hydrogen-bond acceptors (Lipinski definition) is 1. The maximum absolute atomic E-state index is 6.14. The second-order valence-electron chi connectivity index (χ2n) is 5.52. The zero-order chi connectivity index (χ0) is 12.6. The Bertz CT molecular complexity index is 163. The van der Waals surface area contributed by atoms with Gasteiger partial charge < -0.3 is 0 Å². The van der Waals surface area contributed by atoms with Crippen molar-refractivity contribution < 1.29 is 3.76 Å². The second kappa shape index (κ2) is 9.04. The van der Waals surface area contributed by atoms with E-state index in [1.807, 2.05) is 0 Å². The Hall–Kier alpha value is 1.05. The van der Waals surface area contributed by atoms with Crippen molar-refractivity contribution in [3.8, 4) is 0 Å². The SMILES string of the molecule is CC[CH2][Ge]([CH2]CC)[CH2]CC(C)(C)[O][Ge]([CH3])[CH3]. The van der Waals surface area contributed by atoms with Crippen LogP contribution < -0.4 is 0 Å². The summed E-state index contributed by atoms with van der Waals surface area (Å²) in [6.07, 6.45) is 4.11. The van der Waals surface area contributed by atoms with Crippen LogP contribution in [0.3, 0.4) is 0 Å². The van der Waals surface area contributed by atoms with Crippen LogP contribution in [0.2, 0.25) is 27.3 Å². The van der Waals surface area contributed by atoms with Gasteiger partial charge in [0.15, 0.2) is 0 Å². The topological polar surface area (TPSA) is 9.23 Å². The molecule has 0 atom stereocenters. The summed E-state index contributed by atoms with van der Waals surface area (Å²) in [4.78, 5) is 0. The van der Waals surface area contributed by atoms with E-state index in [4.69, 9.17) is 3.76 Å². The summed E-state index contributed by atoms with van der Waals surface area (Å²) in [6, 6.07) is 0. The van der Waals surface area contributed by atoms with E-state index >= 15 is 0 Å². The first-order valence-electron chi connectivity index (χ1n) is 6.74. The summed E-state index contributed by atoms with van der Waals surface area (Å²) in [5.74, 6) is 4.61. The van der Waals surface area contributed by atoms with Gasteiger partial charge in [-0.05, 0) is 0 Å². The Labute approximate surface area is 112 Å². The summed E-state index contributed by atoms with van der Waals surface area (Å²) < 4.78 is 6.14. The molecule has 0 aliphatic rings. The third kappa shape index (κ3) is 9.11. The molecule has 96 valence electrons. The van der Waals surface area contributed by atoms with E-state index in [-0.39, 0.29) is 5.60 Å². The van der Waals surface area contributed by atoms with Gasteiger partial charge in [-0.25, -0.2) is 0 Å². The van der Waals surface area contributed by atoms with Gasteiger partial charge in [0.2, 0.25) is 0 Å². The van der Waals surface area contributed by atoms with Crippen molar-refractivity contribution in [2.24, 2.45) is 0 Å². The fraction of sp³-hybridized carbons (Fsp3) is 1.00. The summed E-state index contributed by atoms with van der Waals surface area (Å²) in [6.45, 7) is 9.26. The number of hydrogen-bond donors (Lipinski definition) is 0. The van der Waals surface area contributed by atoms with E-state index in [2.05, 4.69) is 39.2 Å². The van der Waals surface area contributed by atoms with Crippen LogP contribution in [0.4, 0.5) is 0 Å². The minimum absolute atomic E-state index is 0.165. The van der Waals surface area contributed by atoms with E-state index in [0.29, 0.717) is 0 Å². The molecule has 0 amide bonds. The first-order valence-corrected chi connectivity index (χ1v) is 16.2. The molecule has 0 spiro atoms. The van der Waals surface area contributed by atoms with Gasteiger partial charge in [0, 0.05) is 0 Å². The Kier molecular flexibility index (Phi) is 9.63. The molecule has 0 unspecified atom stereocenters. The van der Waals surface area contributed by atoms with Crippen molar-refractivity contribution in [1.82, 2.24) is 0 Å². The first kappa shape index (κ1) is 17.0. The van der Waals surface area contributed by atoms with Crippen LogP contribution in [0.1, 0.15) is 47.0 Å². The third-order valence-corrected chi connectivity index (χ3v) is 11.9. The molecule has 0 fully saturated rings. The van der Waals surface area contributed by atoms with Crippen LogP contribution in [0, 0.1) is 0 Å². The standard InChI is InChI=1S/C13H30Ge2O/c1-7-10-15(11-8-2)12-9-13(3,4)16-14(5)6/h7-12H2,1-6H3. The van der Waals surface area contributed by atoms with Crippen LogP contribution in [0.25, 0.3) is 0 Å². The fourth-order valence-electron chi connectivity index (χ4n) is 2.16. The normalized spacial score (nSPS) is 12.8. The molecule has 0 aliphatic heterocycles. The Morgan fingerprint density at radius 1 is 0.938 bits per heavy atom. The van der Waals surface area contributed by atoms with E-state index in [9.17, 15) is 0 Å². The molecule has 1 nitrogen and oxygen atoms in total. The van der Waals surface area contributed by atoms with E-state index in [1.54, 1.807) is 10.5 Å². The van der Waals surface area contributed by atoms with Gasteiger partial charge >= 0.3 is 113 Å². The molecule has 16 heavy (non-hydrogen) atoms. The predicted molar refractivity (Wildman–Crippen MR) is 78.0 cm³/mol. The van der Waals surface area contributed by atoms with Crippen molar-refractivity contribution in [3.63, 3.8) is 0 Å².